The van der Waals surface area contributed by atoms with E-state index < -0.39 is 20.3 Å². The summed E-state index contributed by atoms with van der Waals surface area (Å²) >= 11 is 3.15. The SMILES string of the molecule is CC(C)(COc1cc(F)cc(Br)c1)CS(=O)(=O)Cl. The van der Waals surface area contributed by atoms with Crippen LogP contribution < -0.4 is 4.74 Å². The van der Waals surface area contributed by atoms with E-state index in [1.165, 1.54) is 12.1 Å². The number of ether oxygens (including phenoxy) is 1. The van der Waals surface area contributed by atoms with Gasteiger partial charge in [0.2, 0.25) is 9.05 Å². The van der Waals surface area contributed by atoms with E-state index in [0.29, 0.717) is 10.2 Å². The molecule has 0 saturated carbocycles. The van der Waals surface area contributed by atoms with Gasteiger partial charge < -0.3 is 4.74 Å². The predicted molar refractivity (Wildman–Crippen MR) is 73.0 cm³/mol. The first-order chi connectivity index (χ1) is 8.07. The van der Waals surface area contributed by atoms with Crippen LogP contribution in [-0.2, 0) is 9.05 Å². The second-order valence-corrected chi connectivity index (χ2v) is 8.43. The zero-order valence-corrected chi connectivity index (χ0v) is 13.1. The van der Waals surface area contributed by atoms with E-state index in [-0.39, 0.29) is 12.4 Å². The van der Waals surface area contributed by atoms with Gasteiger partial charge in [-0.3, -0.25) is 0 Å². The number of rotatable bonds is 5. The normalized spacial score (nSPS) is 12.5. The Hall–Kier alpha value is -0.330. The Morgan fingerprint density at radius 3 is 2.50 bits per heavy atom. The van der Waals surface area contributed by atoms with Gasteiger partial charge in [0.15, 0.2) is 0 Å². The molecule has 0 aliphatic heterocycles. The van der Waals surface area contributed by atoms with Crippen LogP contribution in [0, 0.1) is 11.2 Å². The lowest BCUT2D eigenvalue weighted by Gasteiger charge is -2.23. The van der Waals surface area contributed by atoms with Gasteiger partial charge >= 0.3 is 0 Å². The van der Waals surface area contributed by atoms with Gasteiger partial charge in [-0.2, -0.15) is 0 Å². The minimum atomic E-state index is -3.59. The Morgan fingerprint density at radius 2 is 2.00 bits per heavy atom. The van der Waals surface area contributed by atoms with E-state index in [1.54, 1.807) is 19.9 Å². The highest BCUT2D eigenvalue weighted by Crippen LogP contribution is 2.25. The molecule has 0 bridgehead atoms. The van der Waals surface area contributed by atoms with Crippen LogP contribution in [-0.4, -0.2) is 20.8 Å². The first kappa shape index (κ1) is 15.7. The molecule has 18 heavy (non-hydrogen) atoms. The molecule has 7 heteroatoms. The van der Waals surface area contributed by atoms with E-state index in [1.807, 2.05) is 0 Å². The van der Waals surface area contributed by atoms with Crippen molar-refractivity contribution in [3.8, 4) is 5.75 Å². The second kappa shape index (κ2) is 5.75. The van der Waals surface area contributed by atoms with Crippen molar-refractivity contribution in [2.24, 2.45) is 5.41 Å². The molecule has 0 amide bonds. The first-order valence-corrected chi connectivity index (χ1v) is 8.36. The topological polar surface area (TPSA) is 43.4 Å². The molecule has 0 saturated heterocycles. The third kappa shape index (κ3) is 6.02. The van der Waals surface area contributed by atoms with Crippen LogP contribution >= 0.6 is 26.6 Å². The van der Waals surface area contributed by atoms with Crippen LogP contribution in [0.15, 0.2) is 22.7 Å². The monoisotopic (exact) mass is 358 g/mol. The summed E-state index contributed by atoms with van der Waals surface area (Å²) in [5, 5.41) is 0. The molecule has 0 fully saturated rings. The van der Waals surface area contributed by atoms with Crippen molar-refractivity contribution in [3.05, 3.63) is 28.5 Å². The molecular formula is C11H13BrClFO3S. The summed E-state index contributed by atoms with van der Waals surface area (Å²) in [5.41, 5.74) is -0.653. The summed E-state index contributed by atoms with van der Waals surface area (Å²) in [6.07, 6.45) is 0. The molecule has 0 aliphatic rings. The van der Waals surface area contributed by atoms with Crippen molar-refractivity contribution in [3.63, 3.8) is 0 Å². The highest BCUT2D eigenvalue weighted by atomic mass is 79.9. The van der Waals surface area contributed by atoms with E-state index in [4.69, 9.17) is 15.4 Å². The van der Waals surface area contributed by atoms with Crippen molar-refractivity contribution in [1.29, 1.82) is 0 Å². The standard InChI is InChI=1S/C11H13BrClFO3S/c1-11(2,7-18(13,15)16)6-17-10-4-8(12)3-9(14)5-10/h3-5H,6-7H2,1-2H3. The Morgan fingerprint density at radius 1 is 1.39 bits per heavy atom. The molecule has 0 spiro atoms. The summed E-state index contributed by atoms with van der Waals surface area (Å²) < 4.78 is 41.1. The quantitative estimate of drug-likeness (QED) is 0.755. The molecule has 0 unspecified atom stereocenters. The number of benzene rings is 1. The maximum Gasteiger partial charge on any atom is 0.233 e. The number of hydrogen-bond acceptors (Lipinski definition) is 3. The van der Waals surface area contributed by atoms with Crippen LogP contribution in [0.5, 0.6) is 5.75 Å². The van der Waals surface area contributed by atoms with Gasteiger partial charge in [-0.15, -0.1) is 0 Å². The van der Waals surface area contributed by atoms with Gasteiger partial charge in [-0.1, -0.05) is 29.8 Å². The van der Waals surface area contributed by atoms with Crippen molar-refractivity contribution in [2.45, 2.75) is 13.8 Å². The van der Waals surface area contributed by atoms with Crippen molar-refractivity contribution in [2.75, 3.05) is 12.4 Å². The van der Waals surface area contributed by atoms with Crippen LogP contribution in [0.4, 0.5) is 4.39 Å². The van der Waals surface area contributed by atoms with Crippen molar-refractivity contribution < 1.29 is 17.5 Å². The minimum Gasteiger partial charge on any atom is -0.493 e. The van der Waals surface area contributed by atoms with Crippen LogP contribution in [0.25, 0.3) is 0 Å². The van der Waals surface area contributed by atoms with Crippen LogP contribution in [0.3, 0.4) is 0 Å². The Kier molecular flexibility index (Phi) is 5.03. The molecule has 0 radical (unpaired) electrons. The number of halogens is 3. The molecular weight excluding hydrogens is 347 g/mol. The summed E-state index contributed by atoms with van der Waals surface area (Å²) in [5.74, 6) is -0.304. The molecule has 0 heterocycles. The summed E-state index contributed by atoms with van der Waals surface area (Å²) in [7, 11) is 1.61. The lowest BCUT2D eigenvalue weighted by molar-refractivity contribution is 0.199. The maximum atomic E-state index is 13.1. The third-order valence-electron chi connectivity index (χ3n) is 2.03. The predicted octanol–water partition coefficient (Wildman–Crippen LogP) is 3.56. The van der Waals surface area contributed by atoms with Gasteiger partial charge in [-0.05, 0) is 12.1 Å². The molecule has 3 nitrogen and oxygen atoms in total. The number of hydrogen-bond donors (Lipinski definition) is 0. The average Bonchev–Trinajstić information content (AvgIpc) is 2.09. The van der Waals surface area contributed by atoms with Crippen molar-refractivity contribution in [1.82, 2.24) is 0 Å². The maximum absolute atomic E-state index is 13.1. The van der Waals surface area contributed by atoms with E-state index in [9.17, 15) is 12.8 Å². The van der Waals surface area contributed by atoms with Gasteiger partial charge in [0, 0.05) is 26.6 Å². The van der Waals surface area contributed by atoms with Gasteiger partial charge in [0.25, 0.3) is 0 Å². The molecule has 1 aromatic rings. The molecule has 0 N–H and O–H groups in total. The summed E-state index contributed by atoms with van der Waals surface area (Å²) in [6, 6.07) is 4.14. The Balaban J connectivity index is 2.69. The highest BCUT2D eigenvalue weighted by Gasteiger charge is 2.26. The minimum absolute atomic E-state index is 0.120. The fourth-order valence-corrected chi connectivity index (χ4v) is 3.75. The fourth-order valence-electron chi connectivity index (χ4n) is 1.40. The molecule has 1 rings (SSSR count). The van der Waals surface area contributed by atoms with Crippen LogP contribution in [0.2, 0.25) is 0 Å². The van der Waals surface area contributed by atoms with E-state index >= 15 is 0 Å². The second-order valence-electron chi connectivity index (χ2n) is 4.74. The average molecular weight is 360 g/mol. The highest BCUT2D eigenvalue weighted by molar-refractivity contribution is 9.10. The molecule has 0 aliphatic carbocycles. The molecule has 0 atom stereocenters. The van der Waals surface area contributed by atoms with Gasteiger partial charge in [0.05, 0.1) is 12.4 Å². The fraction of sp³-hybridized carbons (Fsp3) is 0.455. The van der Waals surface area contributed by atoms with E-state index in [0.717, 1.165) is 0 Å². The molecule has 102 valence electrons. The third-order valence-corrected chi connectivity index (χ3v) is 3.94. The zero-order valence-electron chi connectivity index (χ0n) is 9.91. The largest absolute Gasteiger partial charge is 0.493 e. The summed E-state index contributed by atoms with van der Waals surface area (Å²) in [6.45, 7) is 3.54. The van der Waals surface area contributed by atoms with E-state index in [2.05, 4.69) is 15.9 Å². The summed E-state index contributed by atoms with van der Waals surface area (Å²) in [4.78, 5) is 0. The van der Waals surface area contributed by atoms with Crippen LogP contribution in [0.1, 0.15) is 13.8 Å². The first-order valence-electron chi connectivity index (χ1n) is 5.09. The lowest BCUT2D eigenvalue weighted by Crippen LogP contribution is -2.28. The molecule has 1 aromatic carbocycles. The molecule has 0 aromatic heterocycles. The lowest BCUT2D eigenvalue weighted by atomic mass is 9.98. The van der Waals surface area contributed by atoms with Gasteiger partial charge in [-0.25, -0.2) is 12.8 Å². The zero-order chi connectivity index (χ0) is 14.0. The Labute approximate surface area is 119 Å². The smallest absolute Gasteiger partial charge is 0.233 e. The van der Waals surface area contributed by atoms with Gasteiger partial charge in [0.1, 0.15) is 11.6 Å². The Bertz CT molecular complexity index is 511. The van der Waals surface area contributed by atoms with Crippen molar-refractivity contribution >= 4 is 35.7 Å².